The first-order chi connectivity index (χ1) is 13.2. The van der Waals surface area contributed by atoms with E-state index in [9.17, 15) is 18.0 Å². The molecule has 1 amide bonds. The number of nitrogens with zero attached hydrogens (tertiary/aromatic N) is 2. The Morgan fingerprint density at radius 1 is 0.929 bits per heavy atom. The fraction of sp³-hybridized carbons (Fsp3) is 0.150. The van der Waals surface area contributed by atoms with E-state index in [-0.39, 0.29) is 17.2 Å². The number of aromatic nitrogens is 2. The van der Waals surface area contributed by atoms with Gasteiger partial charge < -0.3 is 10.6 Å². The second kappa shape index (κ2) is 7.67. The van der Waals surface area contributed by atoms with Gasteiger partial charge in [0.25, 0.3) is 5.91 Å². The molecular formula is C20H17F3N4O. The predicted octanol–water partition coefficient (Wildman–Crippen LogP) is 5.11. The Kier molecular flexibility index (Phi) is 5.30. The van der Waals surface area contributed by atoms with Gasteiger partial charge in [0.05, 0.1) is 5.56 Å². The summed E-state index contributed by atoms with van der Waals surface area (Å²) >= 11 is 0. The SMILES string of the molecule is Cc1ccc(NC(=O)c2cc(Nc3cccc(C(F)(F)F)c3)nc(C)n2)cc1. The van der Waals surface area contributed by atoms with Gasteiger partial charge in [-0.1, -0.05) is 23.8 Å². The second-order valence-electron chi connectivity index (χ2n) is 6.21. The van der Waals surface area contributed by atoms with Gasteiger partial charge in [-0.2, -0.15) is 13.2 Å². The number of hydrogen-bond donors (Lipinski definition) is 2. The first-order valence-electron chi connectivity index (χ1n) is 8.39. The monoisotopic (exact) mass is 386 g/mol. The van der Waals surface area contributed by atoms with E-state index in [0.29, 0.717) is 11.5 Å². The number of amides is 1. The Hall–Kier alpha value is -3.42. The number of rotatable bonds is 4. The van der Waals surface area contributed by atoms with Crippen LogP contribution in [0.2, 0.25) is 0 Å². The van der Waals surface area contributed by atoms with E-state index in [2.05, 4.69) is 20.6 Å². The van der Waals surface area contributed by atoms with Gasteiger partial charge in [-0.05, 0) is 44.2 Å². The molecule has 0 radical (unpaired) electrons. The van der Waals surface area contributed by atoms with Crippen molar-refractivity contribution in [2.45, 2.75) is 20.0 Å². The Bertz CT molecular complexity index is 1000. The van der Waals surface area contributed by atoms with Crippen LogP contribution in [0, 0.1) is 13.8 Å². The van der Waals surface area contributed by atoms with E-state index in [1.54, 1.807) is 19.1 Å². The third-order valence-corrected chi connectivity index (χ3v) is 3.84. The van der Waals surface area contributed by atoms with Crippen molar-refractivity contribution < 1.29 is 18.0 Å². The molecule has 0 bridgehead atoms. The number of carbonyl (C=O) groups is 1. The van der Waals surface area contributed by atoms with Gasteiger partial charge in [0, 0.05) is 17.4 Å². The summed E-state index contributed by atoms with van der Waals surface area (Å²) in [5.74, 6) is 0.0911. The smallest absolute Gasteiger partial charge is 0.340 e. The Morgan fingerprint density at radius 2 is 1.64 bits per heavy atom. The second-order valence-corrected chi connectivity index (χ2v) is 6.21. The van der Waals surface area contributed by atoms with Gasteiger partial charge in [0.15, 0.2) is 0 Å². The standard InChI is InChI=1S/C20H17F3N4O/c1-12-6-8-15(9-7-12)27-19(28)17-11-18(25-13(2)24-17)26-16-5-3-4-14(10-16)20(21,22)23/h3-11H,1-2H3,(H,27,28)(H,24,25,26). The number of aryl methyl sites for hydroxylation is 2. The zero-order chi connectivity index (χ0) is 20.3. The van der Waals surface area contributed by atoms with Crippen LogP contribution >= 0.6 is 0 Å². The van der Waals surface area contributed by atoms with Gasteiger partial charge in [-0.3, -0.25) is 4.79 Å². The molecule has 0 fully saturated rings. The minimum atomic E-state index is -4.45. The molecule has 0 saturated heterocycles. The number of nitrogens with one attached hydrogen (secondary N) is 2. The third kappa shape index (κ3) is 4.85. The van der Waals surface area contributed by atoms with Crippen LogP contribution in [-0.2, 0) is 6.18 Å². The quantitative estimate of drug-likeness (QED) is 0.654. The zero-order valence-corrected chi connectivity index (χ0v) is 15.1. The third-order valence-electron chi connectivity index (χ3n) is 3.84. The van der Waals surface area contributed by atoms with Crippen LogP contribution in [0.1, 0.15) is 27.4 Å². The lowest BCUT2D eigenvalue weighted by Crippen LogP contribution is -2.15. The molecule has 0 unspecified atom stereocenters. The van der Waals surface area contributed by atoms with Gasteiger partial charge >= 0.3 is 6.18 Å². The minimum Gasteiger partial charge on any atom is -0.340 e. The van der Waals surface area contributed by atoms with E-state index >= 15 is 0 Å². The highest BCUT2D eigenvalue weighted by Crippen LogP contribution is 2.31. The van der Waals surface area contributed by atoms with Gasteiger partial charge in [-0.15, -0.1) is 0 Å². The molecule has 0 aliphatic carbocycles. The number of benzene rings is 2. The van der Waals surface area contributed by atoms with Crippen LogP contribution in [0.3, 0.4) is 0 Å². The summed E-state index contributed by atoms with van der Waals surface area (Å²) < 4.78 is 38.6. The Labute approximate surface area is 159 Å². The molecule has 2 N–H and O–H groups in total. The van der Waals surface area contributed by atoms with E-state index in [1.165, 1.54) is 18.2 Å². The van der Waals surface area contributed by atoms with Crippen LogP contribution < -0.4 is 10.6 Å². The van der Waals surface area contributed by atoms with Crippen LogP contribution in [0.15, 0.2) is 54.6 Å². The minimum absolute atomic E-state index is 0.0996. The molecule has 1 heterocycles. The number of hydrogen-bond acceptors (Lipinski definition) is 4. The van der Waals surface area contributed by atoms with Crippen molar-refractivity contribution in [1.29, 1.82) is 0 Å². The van der Waals surface area contributed by atoms with E-state index in [4.69, 9.17) is 0 Å². The summed E-state index contributed by atoms with van der Waals surface area (Å²) in [5, 5.41) is 5.52. The number of alkyl halides is 3. The zero-order valence-electron chi connectivity index (χ0n) is 15.1. The molecule has 5 nitrogen and oxygen atoms in total. The van der Waals surface area contributed by atoms with Crippen LogP contribution in [0.4, 0.5) is 30.4 Å². The molecule has 28 heavy (non-hydrogen) atoms. The van der Waals surface area contributed by atoms with Crippen LogP contribution in [-0.4, -0.2) is 15.9 Å². The van der Waals surface area contributed by atoms with E-state index in [1.807, 2.05) is 19.1 Å². The number of halogens is 3. The lowest BCUT2D eigenvalue weighted by atomic mass is 10.2. The highest BCUT2D eigenvalue weighted by molar-refractivity contribution is 6.03. The fourth-order valence-electron chi connectivity index (χ4n) is 2.50. The molecule has 0 atom stereocenters. The highest BCUT2D eigenvalue weighted by Gasteiger charge is 2.30. The largest absolute Gasteiger partial charge is 0.416 e. The van der Waals surface area contributed by atoms with Crippen molar-refractivity contribution in [1.82, 2.24) is 9.97 Å². The summed E-state index contributed by atoms with van der Waals surface area (Å²) in [6.45, 7) is 3.53. The number of anilines is 3. The molecule has 1 aromatic heterocycles. The van der Waals surface area contributed by atoms with Crippen molar-refractivity contribution in [2.75, 3.05) is 10.6 Å². The molecule has 3 rings (SSSR count). The molecule has 2 aromatic carbocycles. The average Bonchev–Trinajstić information content (AvgIpc) is 2.62. The predicted molar refractivity (Wildman–Crippen MR) is 101 cm³/mol. The molecule has 3 aromatic rings. The Balaban J connectivity index is 1.81. The van der Waals surface area contributed by atoms with Crippen molar-refractivity contribution in [3.05, 3.63) is 77.2 Å². The van der Waals surface area contributed by atoms with E-state index < -0.39 is 17.6 Å². The normalized spacial score (nSPS) is 11.2. The van der Waals surface area contributed by atoms with Crippen molar-refractivity contribution >= 4 is 23.1 Å². The lowest BCUT2D eigenvalue weighted by molar-refractivity contribution is -0.137. The molecule has 0 aliphatic heterocycles. The van der Waals surface area contributed by atoms with Gasteiger partial charge in [0.2, 0.25) is 0 Å². The van der Waals surface area contributed by atoms with Gasteiger partial charge in [-0.25, -0.2) is 9.97 Å². The summed E-state index contributed by atoms with van der Waals surface area (Å²) in [6, 6.07) is 13.4. The van der Waals surface area contributed by atoms with E-state index in [0.717, 1.165) is 17.7 Å². The van der Waals surface area contributed by atoms with Crippen LogP contribution in [0.25, 0.3) is 0 Å². The van der Waals surface area contributed by atoms with Crippen molar-refractivity contribution in [3.8, 4) is 0 Å². The topological polar surface area (TPSA) is 66.9 Å². The lowest BCUT2D eigenvalue weighted by Gasteiger charge is -2.11. The van der Waals surface area contributed by atoms with Crippen LogP contribution in [0.5, 0.6) is 0 Å². The number of carbonyl (C=O) groups excluding carboxylic acids is 1. The fourth-order valence-corrected chi connectivity index (χ4v) is 2.50. The molecule has 144 valence electrons. The molecule has 0 aliphatic rings. The molecule has 0 spiro atoms. The first-order valence-corrected chi connectivity index (χ1v) is 8.39. The molecule has 8 heteroatoms. The van der Waals surface area contributed by atoms with Crippen molar-refractivity contribution in [3.63, 3.8) is 0 Å². The first kappa shape index (κ1) is 19.3. The molecule has 0 saturated carbocycles. The molecular weight excluding hydrogens is 369 g/mol. The summed E-state index contributed by atoms with van der Waals surface area (Å²) in [6.07, 6.45) is -4.45. The van der Waals surface area contributed by atoms with Crippen molar-refractivity contribution in [2.24, 2.45) is 0 Å². The van der Waals surface area contributed by atoms with Gasteiger partial charge in [0.1, 0.15) is 17.3 Å². The average molecular weight is 386 g/mol. The summed E-state index contributed by atoms with van der Waals surface area (Å²) in [5.41, 5.74) is 1.20. The summed E-state index contributed by atoms with van der Waals surface area (Å²) in [4.78, 5) is 20.7. The maximum atomic E-state index is 12.9. The highest BCUT2D eigenvalue weighted by atomic mass is 19.4. The maximum Gasteiger partial charge on any atom is 0.416 e. The Morgan fingerprint density at radius 3 is 2.32 bits per heavy atom. The summed E-state index contributed by atoms with van der Waals surface area (Å²) in [7, 11) is 0. The maximum absolute atomic E-state index is 12.9.